The minimum atomic E-state index is -0.411. The molecule has 2 amide bonds. The van der Waals surface area contributed by atoms with Crippen LogP contribution in [0, 0.1) is 6.92 Å². The highest BCUT2D eigenvalue weighted by molar-refractivity contribution is 8.00. The van der Waals surface area contributed by atoms with E-state index in [9.17, 15) is 9.59 Å². The summed E-state index contributed by atoms with van der Waals surface area (Å²) in [6, 6.07) is 12.8. The topological polar surface area (TPSA) is 76.7 Å². The van der Waals surface area contributed by atoms with Crippen LogP contribution < -0.4 is 20.3 Å². The molecule has 1 aliphatic rings. The third-order valence-electron chi connectivity index (χ3n) is 3.51. The van der Waals surface area contributed by atoms with Gasteiger partial charge in [-0.05, 0) is 37.3 Å². The van der Waals surface area contributed by atoms with Crippen molar-refractivity contribution in [3.8, 4) is 11.5 Å². The first-order chi connectivity index (χ1) is 12.1. The summed E-state index contributed by atoms with van der Waals surface area (Å²) < 4.78 is 10.8. The number of hydrogen-bond donors (Lipinski definition) is 2. The Morgan fingerprint density at radius 3 is 2.48 bits per heavy atom. The zero-order valence-electron chi connectivity index (χ0n) is 13.7. The van der Waals surface area contributed by atoms with Gasteiger partial charge in [0.2, 0.25) is 5.91 Å². The van der Waals surface area contributed by atoms with Crippen LogP contribution in [0.4, 0.5) is 0 Å². The monoisotopic (exact) mass is 358 g/mol. The average Bonchev–Trinajstić information content (AvgIpc) is 2.65. The van der Waals surface area contributed by atoms with Gasteiger partial charge in [0.25, 0.3) is 5.91 Å². The third-order valence-corrected chi connectivity index (χ3v) is 4.52. The Morgan fingerprint density at radius 1 is 1.00 bits per heavy atom. The average molecular weight is 358 g/mol. The lowest BCUT2D eigenvalue weighted by Crippen LogP contribution is -2.42. The number of ether oxygens (including phenoxy) is 2. The zero-order chi connectivity index (χ0) is 17.6. The lowest BCUT2D eigenvalue weighted by atomic mass is 10.2. The normalized spacial score (nSPS) is 12.4. The number of rotatable bonds is 4. The summed E-state index contributed by atoms with van der Waals surface area (Å²) in [7, 11) is 0. The van der Waals surface area contributed by atoms with Gasteiger partial charge in [0.15, 0.2) is 11.5 Å². The molecule has 0 atom stereocenters. The van der Waals surface area contributed by atoms with E-state index in [-0.39, 0.29) is 11.7 Å². The fourth-order valence-electron chi connectivity index (χ4n) is 2.20. The quantitative estimate of drug-likeness (QED) is 0.648. The van der Waals surface area contributed by atoms with Crippen molar-refractivity contribution < 1.29 is 19.1 Å². The summed E-state index contributed by atoms with van der Waals surface area (Å²) in [6.07, 6.45) is 0. The molecule has 7 heteroatoms. The standard InChI is InChI=1S/C18H18N2O4S/c1-12-2-5-14(6-3-12)25-11-17(21)19-20-18(22)13-4-7-15-16(10-13)24-9-8-23-15/h2-7,10H,8-9,11H2,1H3,(H,19,21)(H,20,22). The number of nitrogens with one attached hydrogen (secondary N) is 2. The maximum Gasteiger partial charge on any atom is 0.269 e. The van der Waals surface area contributed by atoms with Crippen molar-refractivity contribution in [2.24, 2.45) is 0 Å². The number of hydrazine groups is 1. The van der Waals surface area contributed by atoms with Crippen LogP contribution in [0.1, 0.15) is 15.9 Å². The number of thioether (sulfide) groups is 1. The molecule has 0 unspecified atom stereocenters. The second-order valence-corrected chi connectivity index (χ2v) is 6.51. The number of hydrogen-bond acceptors (Lipinski definition) is 5. The van der Waals surface area contributed by atoms with Gasteiger partial charge in [0, 0.05) is 10.5 Å². The van der Waals surface area contributed by atoms with Gasteiger partial charge in [0.05, 0.1) is 5.75 Å². The van der Waals surface area contributed by atoms with E-state index in [2.05, 4.69) is 10.9 Å². The zero-order valence-corrected chi connectivity index (χ0v) is 14.5. The van der Waals surface area contributed by atoms with Crippen molar-refractivity contribution >= 4 is 23.6 Å². The van der Waals surface area contributed by atoms with E-state index in [1.807, 2.05) is 31.2 Å². The first-order valence-electron chi connectivity index (χ1n) is 7.80. The molecular weight excluding hydrogens is 340 g/mol. The third kappa shape index (κ3) is 4.67. The van der Waals surface area contributed by atoms with E-state index < -0.39 is 5.91 Å². The first-order valence-corrected chi connectivity index (χ1v) is 8.79. The minimum absolute atomic E-state index is 0.213. The molecule has 25 heavy (non-hydrogen) atoms. The van der Waals surface area contributed by atoms with Gasteiger partial charge in [-0.25, -0.2) is 0 Å². The van der Waals surface area contributed by atoms with Crippen LogP contribution in [0.3, 0.4) is 0 Å². The van der Waals surface area contributed by atoms with Crippen molar-refractivity contribution in [3.63, 3.8) is 0 Å². The van der Waals surface area contributed by atoms with Crippen LogP contribution in [0.5, 0.6) is 11.5 Å². The first kappa shape index (κ1) is 17.2. The van der Waals surface area contributed by atoms with Crippen LogP contribution in [0.2, 0.25) is 0 Å². The molecule has 0 saturated carbocycles. The predicted octanol–water partition coefficient (Wildman–Crippen LogP) is 2.32. The van der Waals surface area contributed by atoms with Crippen LogP contribution in [0.25, 0.3) is 0 Å². The van der Waals surface area contributed by atoms with Gasteiger partial charge in [-0.2, -0.15) is 0 Å². The van der Waals surface area contributed by atoms with E-state index in [0.29, 0.717) is 30.3 Å². The SMILES string of the molecule is Cc1ccc(SCC(=O)NNC(=O)c2ccc3c(c2)OCCO3)cc1. The second kappa shape index (κ2) is 7.94. The molecule has 3 rings (SSSR count). The fraction of sp³-hybridized carbons (Fsp3) is 0.222. The predicted molar refractivity (Wildman–Crippen MR) is 94.9 cm³/mol. The molecule has 130 valence electrons. The molecule has 6 nitrogen and oxygen atoms in total. The summed E-state index contributed by atoms with van der Waals surface area (Å²) >= 11 is 1.40. The van der Waals surface area contributed by atoms with E-state index >= 15 is 0 Å². The van der Waals surface area contributed by atoms with Crippen molar-refractivity contribution in [2.75, 3.05) is 19.0 Å². The molecule has 0 bridgehead atoms. The van der Waals surface area contributed by atoms with Crippen LogP contribution >= 0.6 is 11.8 Å². The Hall–Kier alpha value is -2.67. The van der Waals surface area contributed by atoms with Gasteiger partial charge in [0.1, 0.15) is 13.2 Å². The summed E-state index contributed by atoms with van der Waals surface area (Å²) in [5, 5.41) is 0. The summed E-state index contributed by atoms with van der Waals surface area (Å²) in [5.41, 5.74) is 6.37. The minimum Gasteiger partial charge on any atom is -0.486 e. The molecule has 1 heterocycles. The van der Waals surface area contributed by atoms with E-state index in [0.717, 1.165) is 4.90 Å². The molecule has 0 aromatic heterocycles. The Bertz CT molecular complexity index is 777. The van der Waals surface area contributed by atoms with E-state index in [1.54, 1.807) is 18.2 Å². The number of amides is 2. The molecule has 2 N–H and O–H groups in total. The maximum atomic E-state index is 12.1. The van der Waals surface area contributed by atoms with E-state index in [4.69, 9.17) is 9.47 Å². The van der Waals surface area contributed by atoms with Crippen molar-refractivity contribution in [1.82, 2.24) is 10.9 Å². The highest BCUT2D eigenvalue weighted by Gasteiger charge is 2.15. The Labute approximate surface area is 149 Å². The van der Waals surface area contributed by atoms with Crippen molar-refractivity contribution in [2.45, 2.75) is 11.8 Å². The molecule has 0 spiro atoms. The van der Waals surface area contributed by atoms with E-state index in [1.165, 1.54) is 17.3 Å². The summed E-state index contributed by atoms with van der Waals surface area (Å²) in [6.45, 7) is 2.95. The Morgan fingerprint density at radius 2 is 1.72 bits per heavy atom. The molecule has 2 aromatic rings. The number of carbonyl (C=O) groups excluding carboxylic acids is 2. The smallest absolute Gasteiger partial charge is 0.269 e. The largest absolute Gasteiger partial charge is 0.486 e. The highest BCUT2D eigenvalue weighted by atomic mass is 32.2. The molecule has 0 fully saturated rings. The summed E-state index contributed by atoms with van der Waals surface area (Å²) in [5.74, 6) is 0.661. The number of fused-ring (bicyclic) bond motifs is 1. The van der Waals surface area contributed by atoms with Crippen molar-refractivity contribution in [3.05, 3.63) is 53.6 Å². The highest BCUT2D eigenvalue weighted by Crippen LogP contribution is 2.30. The number of benzene rings is 2. The van der Waals surface area contributed by atoms with Crippen LogP contribution in [-0.4, -0.2) is 30.8 Å². The molecule has 0 saturated heterocycles. The van der Waals surface area contributed by atoms with Gasteiger partial charge in [-0.1, -0.05) is 17.7 Å². The van der Waals surface area contributed by atoms with Gasteiger partial charge in [-0.3, -0.25) is 20.4 Å². The molecule has 2 aromatic carbocycles. The number of carbonyl (C=O) groups is 2. The van der Waals surface area contributed by atoms with Gasteiger partial charge < -0.3 is 9.47 Å². The van der Waals surface area contributed by atoms with Crippen LogP contribution in [0.15, 0.2) is 47.4 Å². The molecule has 0 radical (unpaired) electrons. The molecule has 0 aliphatic carbocycles. The fourth-order valence-corrected chi connectivity index (χ4v) is 2.90. The van der Waals surface area contributed by atoms with Crippen LogP contribution in [-0.2, 0) is 4.79 Å². The Balaban J connectivity index is 1.48. The molecular formula is C18H18N2O4S. The van der Waals surface area contributed by atoms with Gasteiger partial charge in [-0.15, -0.1) is 11.8 Å². The lowest BCUT2D eigenvalue weighted by molar-refractivity contribution is -0.119. The maximum absolute atomic E-state index is 12.1. The van der Waals surface area contributed by atoms with Gasteiger partial charge >= 0.3 is 0 Å². The summed E-state index contributed by atoms with van der Waals surface area (Å²) in [4.78, 5) is 25.0. The van der Waals surface area contributed by atoms with Crippen molar-refractivity contribution in [1.29, 1.82) is 0 Å². The number of aryl methyl sites for hydroxylation is 1. The Kier molecular flexibility index (Phi) is 5.45. The lowest BCUT2D eigenvalue weighted by Gasteiger charge is -2.18. The second-order valence-electron chi connectivity index (χ2n) is 5.46. The molecule has 1 aliphatic heterocycles.